The van der Waals surface area contributed by atoms with E-state index < -0.39 is 0 Å². The summed E-state index contributed by atoms with van der Waals surface area (Å²) in [5, 5.41) is 14.9. The minimum atomic E-state index is -0.149. The summed E-state index contributed by atoms with van der Waals surface area (Å²) in [5.74, 6) is -0.139. The van der Waals surface area contributed by atoms with Gasteiger partial charge in [0.2, 0.25) is 5.91 Å². The molecule has 5 nitrogen and oxygen atoms in total. The Balaban J connectivity index is 2.13. The van der Waals surface area contributed by atoms with Gasteiger partial charge in [-0.2, -0.15) is 0 Å². The van der Waals surface area contributed by atoms with Gasteiger partial charge in [-0.15, -0.1) is 0 Å². The van der Waals surface area contributed by atoms with Gasteiger partial charge >= 0.3 is 0 Å². The van der Waals surface area contributed by atoms with Crippen molar-refractivity contribution in [1.29, 1.82) is 0 Å². The summed E-state index contributed by atoms with van der Waals surface area (Å²) >= 11 is 0. The highest BCUT2D eigenvalue weighted by molar-refractivity contribution is 5.77. The van der Waals surface area contributed by atoms with E-state index in [1.165, 1.54) is 0 Å². The third-order valence-electron chi connectivity index (χ3n) is 2.81. The minimum absolute atomic E-state index is 0.0183. The van der Waals surface area contributed by atoms with Gasteiger partial charge in [-0.05, 0) is 32.4 Å². The molecule has 0 bridgehead atoms. The van der Waals surface area contributed by atoms with Gasteiger partial charge in [-0.25, -0.2) is 0 Å². The average Bonchev–Trinajstić information content (AvgIpc) is 2.34. The fraction of sp³-hybridized carbons (Fsp3) is 0.909. The lowest BCUT2D eigenvalue weighted by Gasteiger charge is -2.23. The van der Waals surface area contributed by atoms with E-state index in [0.29, 0.717) is 0 Å². The lowest BCUT2D eigenvalue weighted by molar-refractivity contribution is -0.129. The number of carbonyl (C=O) groups is 1. The Morgan fingerprint density at radius 2 is 2.25 bits per heavy atom. The third kappa shape index (κ3) is 4.92. The summed E-state index contributed by atoms with van der Waals surface area (Å²) < 4.78 is 5.50. The molecule has 1 saturated heterocycles. The van der Waals surface area contributed by atoms with Crippen LogP contribution in [-0.4, -0.2) is 49.5 Å². The highest BCUT2D eigenvalue weighted by Gasteiger charge is 2.15. The number of piperidine rings is 1. The van der Waals surface area contributed by atoms with E-state index in [-0.39, 0.29) is 31.3 Å². The predicted octanol–water partition coefficient (Wildman–Crippen LogP) is -0.358. The van der Waals surface area contributed by atoms with E-state index in [4.69, 9.17) is 9.84 Å². The van der Waals surface area contributed by atoms with Crippen LogP contribution < -0.4 is 10.6 Å². The molecule has 1 fully saturated rings. The standard InChI is InChI=1S/C11H22N2O3/c1-2-9(7-14)13-11(15)8-16-10-3-5-12-6-4-10/h9-10,12,14H,2-8H2,1H3,(H,13,15)/t9-/m1/s1. The zero-order valence-electron chi connectivity index (χ0n) is 9.87. The van der Waals surface area contributed by atoms with E-state index in [9.17, 15) is 4.79 Å². The van der Waals surface area contributed by atoms with Crippen LogP contribution in [0.4, 0.5) is 0 Å². The number of hydrogen-bond acceptors (Lipinski definition) is 4. The smallest absolute Gasteiger partial charge is 0.246 e. The number of aliphatic hydroxyl groups is 1. The first-order valence-corrected chi connectivity index (χ1v) is 5.98. The molecule has 0 aliphatic carbocycles. The number of aliphatic hydroxyl groups excluding tert-OH is 1. The Morgan fingerprint density at radius 3 is 2.81 bits per heavy atom. The quantitative estimate of drug-likeness (QED) is 0.583. The van der Waals surface area contributed by atoms with E-state index in [2.05, 4.69) is 10.6 Å². The first-order valence-electron chi connectivity index (χ1n) is 5.98. The molecule has 1 aliphatic rings. The fourth-order valence-corrected chi connectivity index (χ4v) is 1.70. The molecule has 1 amide bonds. The van der Waals surface area contributed by atoms with Crippen LogP contribution in [0.5, 0.6) is 0 Å². The molecule has 0 aromatic rings. The molecular weight excluding hydrogens is 208 g/mol. The molecule has 0 aromatic carbocycles. The number of ether oxygens (including phenoxy) is 1. The maximum atomic E-state index is 11.5. The van der Waals surface area contributed by atoms with Crippen LogP contribution in [-0.2, 0) is 9.53 Å². The number of amides is 1. The monoisotopic (exact) mass is 230 g/mol. The highest BCUT2D eigenvalue weighted by atomic mass is 16.5. The minimum Gasteiger partial charge on any atom is -0.394 e. The number of nitrogens with one attached hydrogen (secondary N) is 2. The lowest BCUT2D eigenvalue weighted by atomic mass is 10.1. The average molecular weight is 230 g/mol. The Morgan fingerprint density at radius 1 is 1.56 bits per heavy atom. The molecule has 0 radical (unpaired) electrons. The van der Waals surface area contributed by atoms with Crippen molar-refractivity contribution in [3.63, 3.8) is 0 Å². The molecule has 1 aliphatic heterocycles. The predicted molar refractivity (Wildman–Crippen MR) is 61.2 cm³/mol. The first kappa shape index (κ1) is 13.4. The van der Waals surface area contributed by atoms with Gasteiger partial charge in [0.15, 0.2) is 0 Å². The van der Waals surface area contributed by atoms with Crippen molar-refractivity contribution in [3.05, 3.63) is 0 Å². The van der Waals surface area contributed by atoms with Crippen molar-refractivity contribution in [1.82, 2.24) is 10.6 Å². The van der Waals surface area contributed by atoms with Crippen LogP contribution >= 0.6 is 0 Å². The SMILES string of the molecule is CC[C@H](CO)NC(=O)COC1CCNCC1. The fourth-order valence-electron chi connectivity index (χ4n) is 1.70. The molecule has 0 spiro atoms. The molecule has 0 aromatic heterocycles. The van der Waals surface area contributed by atoms with Gasteiger partial charge < -0.3 is 20.5 Å². The van der Waals surface area contributed by atoms with Crippen molar-refractivity contribution in [2.75, 3.05) is 26.3 Å². The number of rotatable bonds is 6. The molecule has 0 saturated carbocycles. The summed E-state index contributed by atoms with van der Waals surface area (Å²) in [6.45, 7) is 3.92. The molecule has 16 heavy (non-hydrogen) atoms. The van der Waals surface area contributed by atoms with Crippen LogP contribution in [0.15, 0.2) is 0 Å². The molecule has 0 unspecified atom stereocenters. The molecule has 3 N–H and O–H groups in total. The van der Waals surface area contributed by atoms with E-state index in [0.717, 1.165) is 32.4 Å². The molecule has 5 heteroatoms. The zero-order chi connectivity index (χ0) is 11.8. The Hall–Kier alpha value is -0.650. The van der Waals surface area contributed by atoms with E-state index >= 15 is 0 Å². The number of hydrogen-bond donors (Lipinski definition) is 3. The largest absolute Gasteiger partial charge is 0.394 e. The molecular formula is C11H22N2O3. The zero-order valence-corrected chi connectivity index (χ0v) is 9.87. The Labute approximate surface area is 96.6 Å². The van der Waals surface area contributed by atoms with Gasteiger partial charge in [0.1, 0.15) is 6.61 Å². The van der Waals surface area contributed by atoms with Gasteiger partial charge in [0.25, 0.3) is 0 Å². The van der Waals surface area contributed by atoms with Gasteiger partial charge in [0, 0.05) is 0 Å². The van der Waals surface area contributed by atoms with Crippen LogP contribution in [0.1, 0.15) is 26.2 Å². The van der Waals surface area contributed by atoms with Crippen LogP contribution in [0.3, 0.4) is 0 Å². The summed E-state index contributed by atoms with van der Waals surface area (Å²) in [4.78, 5) is 11.5. The van der Waals surface area contributed by atoms with Gasteiger partial charge in [-0.1, -0.05) is 6.92 Å². The van der Waals surface area contributed by atoms with Crippen molar-refractivity contribution >= 4 is 5.91 Å². The summed E-state index contributed by atoms with van der Waals surface area (Å²) in [6, 6.07) is -0.149. The van der Waals surface area contributed by atoms with Gasteiger partial charge in [0.05, 0.1) is 18.8 Å². The third-order valence-corrected chi connectivity index (χ3v) is 2.81. The topological polar surface area (TPSA) is 70.6 Å². The van der Waals surface area contributed by atoms with Crippen molar-refractivity contribution in [2.45, 2.75) is 38.3 Å². The van der Waals surface area contributed by atoms with Crippen molar-refractivity contribution in [3.8, 4) is 0 Å². The van der Waals surface area contributed by atoms with E-state index in [1.54, 1.807) is 0 Å². The normalized spacial score (nSPS) is 19.4. The summed E-state index contributed by atoms with van der Waals surface area (Å²) in [7, 11) is 0. The van der Waals surface area contributed by atoms with Crippen LogP contribution in [0, 0.1) is 0 Å². The van der Waals surface area contributed by atoms with Crippen LogP contribution in [0.25, 0.3) is 0 Å². The molecule has 1 rings (SSSR count). The molecule has 94 valence electrons. The summed E-state index contributed by atoms with van der Waals surface area (Å²) in [5.41, 5.74) is 0. The second kappa shape index (κ2) is 7.60. The van der Waals surface area contributed by atoms with Crippen molar-refractivity contribution in [2.24, 2.45) is 0 Å². The Kier molecular flexibility index (Phi) is 6.37. The maximum Gasteiger partial charge on any atom is 0.246 e. The lowest BCUT2D eigenvalue weighted by Crippen LogP contribution is -2.41. The van der Waals surface area contributed by atoms with Crippen LogP contribution in [0.2, 0.25) is 0 Å². The van der Waals surface area contributed by atoms with E-state index in [1.807, 2.05) is 6.92 Å². The second-order valence-corrected chi connectivity index (χ2v) is 4.12. The maximum absolute atomic E-state index is 11.5. The highest BCUT2D eigenvalue weighted by Crippen LogP contribution is 2.06. The second-order valence-electron chi connectivity index (χ2n) is 4.12. The summed E-state index contributed by atoms with van der Waals surface area (Å²) in [6.07, 6.45) is 2.85. The first-order chi connectivity index (χ1) is 7.76. The molecule has 1 atom stereocenters. The number of carbonyl (C=O) groups excluding carboxylic acids is 1. The van der Waals surface area contributed by atoms with Crippen molar-refractivity contribution < 1.29 is 14.6 Å². The van der Waals surface area contributed by atoms with Gasteiger partial charge in [-0.3, -0.25) is 4.79 Å². The molecule has 1 heterocycles. The Bertz CT molecular complexity index is 201.